The van der Waals surface area contributed by atoms with Gasteiger partial charge in [-0.1, -0.05) is 29.2 Å². The molecule has 0 spiro atoms. The fourth-order valence-electron chi connectivity index (χ4n) is 3.40. The van der Waals surface area contributed by atoms with Crippen molar-refractivity contribution in [1.82, 2.24) is 15.1 Å². The van der Waals surface area contributed by atoms with Crippen molar-refractivity contribution in [2.24, 2.45) is 0 Å². The number of likely N-dealkylation sites (tertiary alicyclic amines) is 1. The second kappa shape index (κ2) is 8.93. The Morgan fingerprint density at radius 1 is 1.33 bits per heavy atom. The molecule has 146 valence electrons. The number of carbonyl (C=O) groups excluding carboxylic acids is 1. The lowest BCUT2D eigenvalue weighted by molar-refractivity contribution is -0.136. The molecule has 6 nitrogen and oxygen atoms in total. The van der Waals surface area contributed by atoms with Crippen LogP contribution in [0.25, 0.3) is 0 Å². The van der Waals surface area contributed by atoms with Crippen LogP contribution in [0.3, 0.4) is 0 Å². The number of ether oxygens (including phenoxy) is 1. The molecule has 1 N–H and O–H groups in total. The van der Waals surface area contributed by atoms with Crippen molar-refractivity contribution in [3.8, 4) is 5.75 Å². The minimum Gasteiger partial charge on any atom is -0.497 e. The first-order valence-corrected chi connectivity index (χ1v) is 10.9. The topological polar surface area (TPSA) is 67.3 Å². The van der Waals surface area contributed by atoms with Crippen LogP contribution in [0, 0.1) is 0 Å². The molecule has 1 saturated heterocycles. The summed E-state index contributed by atoms with van der Waals surface area (Å²) in [5.74, 6) is 0.973. The Balaban J connectivity index is 1.61. The number of anilines is 2. The van der Waals surface area contributed by atoms with Gasteiger partial charge in [0.05, 0.1) is 12.4 Å². The van der Waals surface area contributed by atoms with Crippen LogP contribution in [-0.2, 0) is 4.79 Å². The van der Waals surface area contributed by atoms with Gasteiger partial charge < -0.3 is 15.0 Å². The first-order chi connectivity index (χ1) is 13.0. The molecule has 2 heterocycles. The van der Waals surface area contributed by atoms with Crippen molar-refractivity contribution >= 4 is 39.8 Å². The first-order valence-electron chi connectivity index (χ1n) is 9.21. The van der Waals surface area contributed by atoms with Crippen molar-refractivity contribution in [1.29, 1.82) is 0 Å². The van der Waals surface area contributed by atoms with Crippen molar-refractivity contribution in [3.05, 3.63) is 24.3 Å². The van der Waals surface area contributed by atoms with Gasteiger partial charge in [0.1, 0.15) is 5.75 Å². The number of aromatic nitrogens is 2. The third-order valence-electron chi connectivity index (χ3n) is 4.80. The van der Waals surface area contributed by atoms with E-state index in [-0.39, 0.29) is 11.2 Å². The summed E-state index contributed by atoms with van der Waals surface area (Å²) in [6.45, 7) is 6.25. The highest BCUT2D eigenvalue weighted by Gasteiger charge is 2.32. The Morgan fingerprint density at radius 3 is 2.78 bits per heavy atom. The number of methoxy groups -OCH3 is 1. The Morgan fingerprint density at radius 2 is 2.07 bits per heavy atom. The number of piperidine rings is 1. The van der Waals surface area contributed by atoms with Crippen LogP contribution >= 0.6 is 23.1 Å². The summed E-state index contributed by atoms with van der Waals surface area (Å²) in [7, 11) is 1.64. The van der Waals surface area contributed by atoms with Crippen LogP contribution in [0.2, 0.25) is 0 Å². The molecule has 1 aromatic heterocycles. The van der Waals surface area contributed by atoms with Crippen LogP contribution in [0.5, 0.6) is 5.75 Å². The molecular formula is C19H26N4O2S2. The van der Waals surface area contributed by atoms with Gasteiger partial charge in [-0.15, -0.1) is 10.2 Å². The summed E-state index contributed by atoms with van der Waals surface area (Å²) in [5, 5.41) is 12.2. The molecule has 1 aliphatic heterocycles. The SMILES string of the molecule is COc1cccc(Nc2nnc(S[C@H](C)C(=O)N3[C@H](C)CCC[C@H]3C)s2)c1. The highest BCUT2D eigenvalue weighted by molar-refractivity contribution is 8.02. The molecular weight excluding hydrogens is 380 g/mol. The summed E-state index contributed by atoms with van der Waals surface area (Å²) in [6, 6.07) is 8.27. The molecule has 1 amide bonds. The summed E-state index contributed by atoms with van der Waals surface area (Å²) in [5.41, 5.74) is 0.891. The van der Waals surface area contributed by atoms with Gasteiger partial charge in [-0.25, -0.2) is 0 Å². The van der Waals surface area contributed by atoms with Crippen LogP contribution in [0.15, 0.2) is 28.6 Å². The van der Waals surface area contributed by atoms with Crippen LogP contribution in [-0.4, -0.2) is 45.4 Å². The van der Waals surface area contributed by atoms with Crippen molar-refractivity contribution in [3.63, 3.8) is 0 Å². The smallest absolute Gasteiger partial charge is 0.236 e. The van der Waals surface area contributed by atoms with Gasteiger partial charge in [0, 0.05) is 23.8 Å². The molecule has 8 heteroatoms. The number of hydrogen-bond acceptors (Lipinski definition) is 7. The molecule has 3 atom stereocenters. The average molecular weight is 407 g/mol. The number of hydrogen-bond donors (Lipinski definition) is 1. The number of thioether (sulfide) groups is 1. The van der Waals surface area contributed by atoms with E-state index in [1.165, 1.54) is 29.5 Å². The zero-order valence-corrected chi connectivity index (χ0v) is 17.8. The summed E-state index contributed by atoms with van der Waals surface area (Å²) in [6.07, 6.45) is 3.37. The quantitative estimate of drug-likeness (QED) is 0.709. The number of benzene rings is 1. The molecule has 1 aromatic carbocycles. The zero-order valence-electron chi connectivity index (χ0n) is 16.1. The Labute approximate surface area is 168 Å². The predicted molar refractivity (Wildman–Crippen MR) is 111 cm³/mol. The molecule has 3 rings (SSSR count). The van der Waals surface area contributed by atoms with E-state index in [0.717, 1.165) is 28.6 Å². The maximum absolute atomic E-state index is 12.9. The number of nitrogens with one attached hydrogen (secondary N) is 1. The lowest BCUT2D eigenvalue weighted by Gasteiger charge is -2.40. The van der Waals surface area contributed by atoms with Gasteiger partial charge in [0.15, 0.2) is 4.34 Å². The number of rotatable bonds is 6. The number of amides is 1. The van der Waals surface area contributed by atoms with Crippen molar-refractivity contribution in [2.75, 3.05) is 12.4 Å². The van der Waals surface area contributed by atoms with Gasteiger partial charge in [0.2, 0.25) is 11.0 Å². The van der Waals surface area contributed by atoms with E-state index in [2.05, 4.69) is 34.3 Å². The Bertz CT molecular complexity index is 773. The third-order valence-corrected chi connectivity index (χ3v) is 6.81. The molecule has 0 aliphatic carbocycles. The normalized spacial score (nSPS) is 21.0. The zero-order chi connectivity index (χ0) is 19.4. The molecule has 0 radical (unpaired) electrons. The largest absolute Gasteiger partial charge is 0.497 e. The third kappa shape index (κ3) is 4.93. The molecule has 0 bridgehead atoms. The monoisotopic (exact) mass is 406 g/mol. The predicted octanol–water partition coefficient (Wildman–Crippen LogP) is 4.56. The van der Waals surface area contributed by atoms with E-state index in [0.29, 0.717) is 17.2 Å². The average Bonchev–Trinajstić information content (AvgIpc) is 3.08. The van der Waals surface area contributed by atoms with E-state index in [4.69, 9.17) is 4.74 Å². The number of nitrogens with zero attached hydrogens (tertiary/aromatic N) is 3. The van der Waals surface area contributed by atoms with Crippen LogP contribution in [0.4, 0.5) is 10.8 Å². The Hall–Kier alpha value is -1.80. The second-order valence-corrected chi connectivity index (χ2v) is 9.43. The fourth-order valence-corrected chi connectivity index (χ4v) is 5.37. The molecule has 1 aliphatic rings. The maximum atomic E-state index is 12.9. The van der Waals surface area contributed by atoms with E-state index >= 15 is 0 Å². The van der Waals surface area contributed by atoms with Gasteiger partial charge in [-0.05, 0) is 52.2 Å². The van der Waals surface area contributed by atoms with Crippen LogP contribution in [0.1, 0.15) is 40.0 Å². The van der Waals surface area contributed by atoms with Gasteiger partial charge in [-0.2, -0.15) is 0 Å². The van der Waals surface area contributed by atoms with E-state index in [1.807, 2.05) is 31.2 Å². The molecule has 0 saturated carbocycles. The summed E-state index contributed by atoms with van der Waals surface area (Å²) in [4.78, 5) is 15.0. The number of carbonyl (C=O) groups is 1. The maximum Gasteiger partial charge on any atom is 0.236 e. The second-order valence-electron chi connectivity index (χ2n) is 6.86. The minimum absolute atomic E-state index is 0.175. The van der Waals surface area contributed by atoms with E-state index in [1.54, 1.807) is 7.11 Å². The molecule has 2 aromatic rings. The van der Waals surface area contributed by atoms with E-state index in [9.17, 15) is 4.79 Å². The molecule has 27 heavy (non-hydrogen) atoms. The van der Waals surface area contributed by atoms with Gasteiger partial charge >= 0.3 is 0 Å². The first kappa shape index (κ1) is 19.9. The highest BCUT2D eigenvalue weighted by atomic mass is 32.2. The van der Waals surface area contributed by atoms with Gasteiger partial charge in [0.25, 0.3) is 0 Å². The fraction of sp³-hybridized carbons (Fsp3) is 0.526. The molecule has 0 unspecified atom stereocenters. The van der Waals surface area contributed by atoms with Gasteiger partial charge in [-0.3, -0.25) is 4.79 Å². The standard InChI is InChI=1S/C19H26N4O2S2/c1-12-7-5-8-13(2)23(12)17(24)14(3)26-19-22-21-18(27-19)20-15-9-6-10-16(11-15)25-4/h6,9-14H,5,7-8H2,1-4H3,(H,20,21)/t12-,13-,14-/m1/s1. The highest BCUT2D eigenvalue weighted by Crippen LogP contribution is 2.33. The Kier molecular flexibility index (Phi) is 6.59. The summed E-state index contributed by atoms with van der Waals surface area (Å²) >= 11 is 2.93. The molecule has 1 fully saturated rings. The van der Waals surface area contributed by atoms with Crippen molar-refractivity contribution < 1.29 is 9.53 Å². The summed E-state index contributed by atoms with van der Waals surface area (Å²) < 4.78 is 6.02. The van der Waals surface area contributed by atoms with Crippen molar-refractivity contribution in [2.45, 2.75) is 61.7 Å². The van der Waals surface area contributed by atoms with Crippen LogP contribution < -0.4 is 10.1 Å². The van der Waals surface area contributed by atoms with E-state index < -0.39 is 0 Å². The lowest BCUT2D eigenvalue weighted by Crippen LogP contribution is -2.50. The lowest BCUT2D eigenvalue weighted by atomic mass is 9.97. The minimum atomic E-state index is -0.175.